The molecule has 0 bridgehead atoms. The molecular weight excluding hydrogens is 220 g/mol. The van der Waals surface area contributed by atoms with E-state index in [0.717, 1.165) is 37.1 Å². The molecule has 0 amide bonds. The molecule has 0 aliphatic heterocycles. The van der Waals surface area contributed by atoms with Crippen LogP contribution in [-0.2, 0) is 6.42 Å². The molecule has 1 heterocycles. The van der Waals surface area contributed by atoms with Crippen molar-refractivity contribution in [2.75, 3.05) is 0 Å². The Morgan fingerprint density at radius 1 is 1.33 bits per heavy atom. The van der Waals surface area contributed by atoms with Crippen LogP contribution in [0.15, 0.2) is 24.3 Å². The third-order valence-electron chi connectivity index (χ3n) is 3.30. The summed E-state index contributed by atoms with van der Waals surface area (Å²) in [6.45, 7) is 12.4. The molecule has 1 aromatic heterocycles. The Morgan fingerprint density at radius 3 is 2.61 bits per heavy atom. The first-order chi connectivity index (χ1) is 8.63. The smallest absolute Gasteiger partial charge is 0.0891 e. The summed E-state index contributed by atoms with van der Waals surface area (Å²) in [4.78, 5) is 0. The van der Waals surface area contributed by atoms with E-state index in [1.54, 1.807) is 0 Å². The second kappa shape index (κ2) is 7.10. The van der Waals surface area contributed by atoms with Crippen LogP contribution in [0, 0.1) is 6.92 Å². The van der Waals surface area contributed by atoms with Gasteiger partial charge in [-0.1, -0.05) is 31.9 Å². The summed E-state index contributed by atoms with van der Waals surface area (Å²) in [6.07, 6.45) is 6.06. The highest BCUT2D eigenvalue weighted by Crippen LogP contribution is 2.24. The van der Waals surface area contributed by atoms with E-state index in [1.165, 1.54) is 16.7 Å². The number of nitrogens with zero attached hydrogens (tertiary/aromatic N) is 2. The summed E-state index contributed by atoms with van der Waals surface area (Å²) < 4.78 is 0. The van der Waals surface area contributed by atoms with Crippen LogP contribution < -0.4 is 0 Å². The lowest BCUT2D eigenvalue weighted by Crippen LogP contribution is -2.01. The normalized spacial score (nSPS) is 12.2. The highest BCUT2D eigenvalue weighted by Gasteiger charge is 2.09. The van der Waals surface area contributed by atoms with Crippen LogP contribution in [0.1, 0.15) is 57.0 Å². The number of aryl methyl sites for hydroxylation is 1. The second-order valence-electron chi connectivity index (χ2n) is 4.70. The average Bonchev–Trinajstić information content (AvgIpc) is 2.38. The Hall–Kier alpha value is -1.44. The van der Waals surface area contributed by atoms with Crippen LogP contribution in [0.5, 0.6) is 0 Å². The van der Waals surface area contributed by atoms with Crippen molar-refractivity contribution in [1.29, 1.82) is 0 Å². The highest BCUT2D eigenvalue weighted by atomic mass is 15.1. The fraction of sp³-hybridized carbons (Fsp3) is 0.500. The number of hydrogen-bond donors (Lipinski definition) is 0. The predicted octanol–water partition coefficient (Wildman–Crippen LogP) is 4.50. The summed E-state index contributed by atoms with van der Waals surface area (Å²) in [5.74, 6) is 0. The molecule has 98 valence electrons. The van der Waals surface area contributed by atoms with Crippen LogP contribution in [-0.4, -0.2) is 10.2 Å². The fourth-order valence-electron chi connectivity index (χ4n) is 2.02. The molecule has 0 saturated carbocycles. The zero-order valence-electron chi connectivity index (χ0n) is 12.1. The maximum atomic E-state index is 4.37. The first kappa shape index (κ1) is 14.6. The molecule has 0 spiro atoms. The number of rotatable bonds is 6. The molecule has 0 aliphatic carbocycles. The minimum absolute atomic E-state index is 0.860. The molecular formula is C16H24N2. The van der Waals surface area contributed by atoms with Crippen LogP contribution in [0.25, 0.3) is 5.57 Å². The number of aromatic nitrogens is 2. The van der Waals surface area contributed by atoms with Crippen LogP contribution in [0.2, 0.25) is 0 Å². The lowest BCUT2D eigenvalue weighted by molar-refractivity contribution is 0.895. The van der Waals surface area contributed by atoms with Gasteiger partial charge in [0.05, 0.1) is 11.4 Å². The van der Waals surface area contributed by atoms with Crippen molar-refractivity contribution in [3.05, 3.63) is 41.2 Å². The Balaban J connectivity index is 3.21. The van der Waals surface area contributed by atoms with Crippen LogP contribution in [0.4, 0.5) is 0 Å². The topological polar surface area (TPSA) is 25.8 Å². The molecule has 0 atom stereocenters. The molecule has 0 radical (unpaired) electrons. The molecule has 1 aromatic rings. The zero-order valence-corrected chi connectivity index (χ0v) is 12.1. The van der Waals surface area contributed by atoms with Gasteiger partial charge in [0, 0.05) is 0 Å². The predicted molar refractivity (Wildman–Crippen MR) is 78.5 cm³/mol. The van der Waals surface area contributed by atoms with E-state index in [1.807, 2.05) is 13.0 Å². The van der Waals surface area contributed by atoms with Crippen molar-refractivity contribution in [2.24, 2.45) is 0 Å². The van der Waals surface area contributed by atoms with Gasteiger partial charge in [-0.3, -0.25) is 0 Å². The van der Waals surface area contributed by atoms with Gasteiger partial charge in [0.15, 0.2) is 0 Å². The standard InChI is InChI=1S/C16H24N2/c1-6-9-14-11-16(18-17-13(14)5)15(10-7-2)12(4)8-3/h6,11H,1,7-10H2,2-5H3/b15-12-. The summed E-state index contributed by atoms with van der Waals surface area (Å²) in [7, 11) is 0. The average molecular weight is 244 g/mol. The molecule has 0 fully saturated rings. The molecule has 2 heteroatoms. The minimum Gasteiger partial charge on any atom is -0.155 e. The van der Waals surface area contributed by atoms with Gasteiger partial charge >= 0.3 is 0 Å². The number of hydrogen-bond acceptors (Lipinski definition) is 2. The second-order valence-corrected chi connectivity index (χ2v) is 4.70. The monoisotopic (exact) mass is 244 g/mol. The van der Waals surface area contributed by atoms with Crippen LogP contribution in [0.3, 0.4) is 0 Å². The first-order valence-electron chi connectivity index (χ1n) is 6.77. The Morgan fingerprint density at radius 2 is 2.06 bits per heavy atom. The van der Waals surface area contributed by atoms with Crippen molar-refractivity contribution >= 4 is 5.57 Å². The van der Waals surface area contributed by atoms with Gasteiger partial charge in [-0.25, -0.2) is 0 Å². The van der Waals surface area contributed by atoms with E-state index in [4.69, 9.17) is 0 Å². The minimum atomic E-state index is 0.860. The van der Waals surface area contributed by atoms with Crippen molar-refractivity contribution in [3.8, 4) is 0 Å². The summed E-state index contributed by atoms with van der Waals surface area (Å²) in [5, 5.41) is 8.65. The summed E-state index contributed by atoms with van der Waals surface area (Å²) in [5.41, 5.74) is 6.05. The molecule has 0 aliphatic rings. The van der Waals surface area contributed by atoms with Gasteiger partial charge in [-0.2, -0.15) is 10.2 Å². The lowest BCUT2D eigenvalue weighted by atomic mass is 9.98. The molecule has 1 rings (SSSR count). The molecule has 0 N–H and O–H groups in total. The van der Waals surface area contributed by atoms with Gasteiger partial charge in [-0.05, 0) is 50.3 Å². The van der Waals surface area contributed by atoms with Gasteiger partial charge in [-0.15, -0.1) is 6.58 Å². The van der Waals surface area contributed by atoms with E-state index >= 15 is 0 Å². The molecule has 18 heavy (non-hydrogen) atoms. The summed E-state index contributed by atoms with van der Waals surface area (Å²) in [6, 6.07) is 2.17. The van der Waals surface area contributed by atoms with E-state index in [2.05, 4.69) is 43.6 Å². The third kappa shape index (κ3) is 3.52. The van der Waals surface area contributed by atoms with Gasteiger partial charge in [0.1, 0.15) is 0 Å². The van der Waals surface area contributed by atoms with E-state index in [0.29, 0.717) is 0 Å². The van der Waals surface area contributed by atoms with Crippen molar-refractivity contribution < 1.29 is 0 Å². The molecule has 0 saturated heterocycles. The Bertz CT molecular complexity index is 444. The SMILES string of the molecule is C=CCc1cc(/C(CCC)=C(/C)CC)nnc1C. The quantitative estimate of drug-likeness (QED) is 0.689. The first-order valence-corrected chi connectivity index (χ1v) is 6.77. The fourth-order valence-corrected chi connectivity index (χ4v) is 2.02. The van der Waals surface area contributed by atoms with E-state index in [9.17, 15) is 0 Å². The maximum absolute atomic E-state index is 4.37. The largest absolute Gasteiger partial charge is 0.155 e. The highest BCUT2D eigenvalue weighted by molar-refractivity contribution is 5.65. The maximum Gasteiger partial charge on any atom is 0.0891 e. The van der Waals surface area contributed by atoms with Crippen LogP contribution >= 0.6 is 0 Å². The zero-order chi connectivity index (χ0) is 13.5. The number of allylic oxidation sites excluding steroid dienone is 3. The van der Waals surface area contributed by atoms with Gasteiger partial charge < -0.3 is 0 Å². The summed E-state index contributed by atoms with van der Waals surface area (Å²) >= 11 is 0. The van der Waals surface area contributed by atoms with E-state index < -0.39 is 0 Å². The van der Waals surface area contributed by atoms with Gasteiger partial charge in [0.2, 0.25) is 0 Å². The van der Waals surface area contributed by atoms with Crippen molar-refractivity contribution in [3.63, 3.8) is 0 Å². The Kier molecular flexibility index (Phi) is 5.76. The molecule has 0 aromatic carbocycles. The Labute approximate surface area is 111 Å². The van der Waals surface area contributed by atoms with Gasteiger partial charge in [0.25, 0.3) is 0 Å². The van der Waals surface area contributed by atoms with E-state index in [-0.39, 0.29) is 0 Å². The molecule has 0 unspecified atom stereocenters. The van der Waals surface area contributed by atoms with Crippen molar-refractivity contribution in [1.82, 2.24) is 10.2 Å². The lowest BCUT2D eigenvalue weighted by Gasteiger charge is -2.11. The molecule has 2 nitrogen and oxygen atoms in total. The van der Waals surface area contributed by atoms with Crippen molar-refractivity contribution in [2.45, 2.75) is 53.4 Å². The third-order valence-corrected chi connectivity index (χ3v) is 3.30.